The summed E-state index contributed by atoms with van der Waals surface area (Å²) in [6, 6.07) is 3.12. The molecule has 2 aromatic heterocycles. The van der Waals surface area contributed by atoms with Crippen molar-refractivity contribution < 1.29 is 17.9 Å². The monoisotopic (exact) mass is 499 g/mol. The van der Waals surface area contributed by atoms with Crippen LogP contribution in [0.3, 0.4) is 0 Å². The number of aromatic nitrogens is 3. The Hall–Kier alpha value is -2.17. The van der Waals surface area contributed by atoms with E-state index in [1.165, 1.54) is 10.9 Å². The van der Waals surface area contributed by atoms with Crippen molar-refractivity contribution >= 4 is 17.3 Å². The van der Waals surface area contributed by atoms with Crippen LogP contribution in [0.25, 0.3) is 0 Å². The van der Waals surface area contributed by atoms with Crippen molar-refractivity contribution in [2.24, 2.45) is 0 Å². The molecular formula is C23H29ClF3N5O2. The summed E-state index contributed by atoms with van der Waals surface area (Å²) in [6.07, 6.45) is -0.0983. The van der Waals surface area contributed by atoms with E-state index >= 15 is 0 Å². The first kappa shape index (κ1) is 24.9. The lowest BCUT2D eigenvalue weighted by atomic mass is 10.0. The molecule has 0 radical (unpaired) electrons. The van der Waals surface area contributed by atoms with Crippen LogP contribution >= 0.6 is 11.6 Å². The second-order valence-electron chi connectivity index (χ2n) is 8.96. The van der Waals surface area contributed by atoms with Crippen LogP contribution in [0.5, 0.6) is 0 Å². The smallest absolute Gasteiger partial charge is 0.364 e. The van der Waals surface area contributed by atoms with Gasteiger partial charge in [0.15, 0.2) is 6.23 Å². The number of alkyl halides is 3. The Balaban J connectivity index is 1.49. The predicted molar refractivity (Wildman–Crippen MR) is 123 cm³/mol. The van der Waals surface area contributed by atoms with Gasteiger partial charge in [0, 0.05) is 44.5 Å². The second kappa shape index (κ2) is 10.2. The Bertz CT molecular complexity index is 1060. The molecule has 2 aromatic rings. The van der Waals surface area contributed by atoms with E-state index in [2.05, 4.69) is 15.0 Å². The van der Waals surface area contributed by atoms with Gasteiger partial charge in [-0.3, -0.25) is 14.7 Å². The third-order valence-corrected chi connectivity index (χ3v) is 6.97. The van der Waals surface area contributed by atoms with Crippen LogP contribution in [0.1, 0.15) is 56.6 Å². The number of nitrogens with zero attached hydrogens (tertiary/aromatic N) is 5. The maximum atomic E-state index is 13.0. The molecule has 11 heteroatoms. The molecule has 186 valence electrons. The van der Waals surface area contributed by atoms with E-state index in [0.29, 0.717) is 37.5 Å². The van der Waals surface area contributed by atoms with Crippen LogP contribution < -0.4 is 10.5 Å². The molecule has 4 heterocycles. The van der Waals surface area contributed by atoms with Gasteiger partial charge >= 0.3 is 6.18 Å². The Morgan fingerprint density at radius 1 is 1.29 bits per heavy atom. The summed E-state index contributed by atoms with van der Waals surface area (Å²) >= 11 is 6.49. The standard InChI is InChI=1S/C23H29ClF3N5O2/c1-15-14-30(16(2)17-6-5-8-28-18(17)12-23(25,26)27)9-10-31(15)19-13-29-32(22(33)21(19)24)20-7-3-4-11-34-20/h5-6,8,13,15-16,20H,3-4,7,9-12,14H2,1-2H3/t15-,16?,20?/m1/s1. The average molecular weight is 500 g/mol. The van der Waals surface area contributed by atoms with Gasteiger partial charge in [0.25, 0.3) is 5.56 Å². The minimum absolute atomic E-state index is 0.0283. The molecule has 4 rings (SSSR count). The summed E-state index contributed by atoms with van der Waals surface area (Å²) in [5.41, 5.74) is 0.826. The van der Waals surface area contributed by atoms with Crippen molar-refractivity contribution in [1.29, 1.82) is 0 Å². The molecule has 0 aromatic carbocycles. The highest BCUT2D eigenvalue weighted by molar-refractivity contribution is 6.33. The van der Waals surface area contributed by atoms with Crippen LogP contribution in [-0.4, -0.2) is 58.1 Å². The second-order valence-corrected chi connectivity index (χ2v) is 9.34. The number of hydrogen-bond donors (Lipinski definition) is 0. The van der Waals surface area contributed by atoms with Gasteiger partial charge in [-0.25, -0.2) is 0 Å². The number of ether oxygens (including phenoxy) is 1. The van der Waals surface area contributed by atoms with E-state index in [1.54, 1.807) is 18.3 Å². The maximum absolute atomic E-state index is 13.0. The SMILES string of the molecule is CC(c1cccnc1CC(F)(F)F)N1CCN(c2cnn(C3CCCCO3)c(=O)c2Cl)[C@H](C)C1. The lowest BCUT2D eigenvalue weighted by Gasteiger charge is -2.44. The first-order chi connectivity index (χ1) is 16.2. The molecule has 0 saturated carbocycles. The molecule has 2 saturated heterocycles. The zero-order valence-corrected chi connectivity index (χ0v) is 20.0. The van der Waals surface area contributed by atoms with Crippen LogP contribution in [0.15, 0.2) is 29.3 Å². The van der Waals surface area contributed by atoms with Crippen molar-refractivity contribution in [2.75, 3.05) is 31.1 Å². The first-order valence-corrected chi connectivity index (χ1v) is 11.9. The fourth-order valence-electron chi connectivity index (χ4n) is 4.82. The van der Waals surface area contributed by atoms with Crippen LogP contribution in [0.2, 0.25) is 5.02 Å². The zero-order chi connectivity index (χ0) is 24.5. The Morgan fingerprint density at radius 2 is 2.09 bits per heavy atom. The van der Waals surface area contributed by atoms with Gasteiger partial charge in [-0.2, -0.15) is 23.0 Å². The molecule has 2 unspecified atom stereocenters. The summed E-state index contributed by atoms with van der Waals surface area (Å²) in [5, 5.41) is 4.45. The lowest BCUT2D eigenvalue weighted by molar-refractivity contribution is -0.128. The molecule has 34 heavy (non-hydrogen) atoms. The Kier molecular flexibility index (Phi) is 7.49. The predicted octanol–water partition coefficient (Wildman–Crippen LogP) is 4.37. The molecule has 0 N–H and O–H groups in total. The fraction of sp³-hybridized carbons (Fsp3) is 0.609. The number of piperazine rings is 1. The quantitative estimate of drug-likeness (QED) is 0.609. The van der Waals surface area contributed by atoms with Crippen molar-refractivity contribution in [3.63, 3.8) is 0 Å². The Labute approximate surface area is 201 Å². The van der Waals surface area contributed by atoms with Gasteiger partial charge < -0.3 is 9.64 Å². The maximum Gasteiger partial charge on any atom is 0.394 e. The molecular weight excluding hydrogens is 471 g/mol. The number of anilines is 1. The molecule has 2 aliphatic heterocycles. The molecule has 2 aliphatic rings. The molecule has 3 atom stereocenters. The Morgan fingerprint density at radius 3 is 2.76 bits per heavy atom. The van der Waals surface area contributed by atoms with E-state index in [0.717, 1.165) is 19.3 Å². The normalized spacial score (nSPS) is 23.2. The van der Waals surface area contributed by atoms with Crippen LogP contribution in [0, 0.1) is 0 Å². The number of pyridine rings is 1. The first-order valence-electron chi connectivity index (χ1n) is 11.6. The van der Waals surface area contributed by atoms with Crippen molar-refractivity contribution in [1.82, 2.24) is 19.7 Å². The average Bonchev–Trinajstić information content (AvgIpc) is 2.80. The number of hydrogen-bond acceptors (Lipinski definition) is 6. The van der Waals surface area contributed by atoms with Gasteiger partial charge in [-0.15, -0.1) is 0 Å². The molecule has 2 fully saturated rings. The molecule has 7 nitrogen and oxygen atoms in total. The summed E-state index contributed by atoms with van der Waals surface area (Å²) < 4.78 is 46.1. The summed E-state index contributed by atoms with van der Waals surface area (Å²) in [5.74, 6) is 0. The van der Waals surface area contributed by atoms with Gasteiger partial charge in [-0.05, 0) is 44.7 Å². The van der Waals surface area contributed by atoms with E-state index < -0.39 is 18.8 Å². The number of rotatable bonds is 5. The van der Waals surface area contributed by atoms with Crippen molar-refractivity contribution in [3.8, 4) is 0 Å². The number of halogens is 4. The topological polar surface area (TPSA) is 63.5 Å². The molecule has 0 bridgehead atoms. The molecule has 0 aliphatic carbocycles. The third-order valence-electron chi connectivity index (χ3n) is 6.61. The lowest BCUT2D eigenvalue weighted by Crippen LogP contribution is -2.53. The minimum Gasteiger partial charge on any atom is -0.364 e. The fourth-order valence-corrected chi connectivity index (χ4v) is 5.06. The minimum atomic E-state index is -4.32. The zero-order valence-electron chi connectivity index (χ0n) is 19.3. The largest absolute Gasteiger partial charge is 0.394 e. The summed E-state index contributed by atoms with van der Waals surface area (Å²) in [7, 11) is 0. The molecule has 0 spiro atoms. The van der Waals surface area contributed by atoms with Gasteiger partial charge in [0.2, 0.25) is 0 Å². The summed E-state index contributed by atoms with van der Waals surface area (Å²) in [6.45, 7) is 6.25. The third kappa shape index (κ3) is 5.39. The van der Waals surface area contributed by atoms with E-state index in [4.69, 9.17) is 16.3 Å². The summed E-state index contributed by atoms with van der Waals surface area (Å²) in [4.78, 5) is 21.1. The van der Waals surface area contributed by atoms with E-state index in [-0.39, 0.29) is 28.4 Å². The van der Waals surface area contributed by atoms with Crippen LogP contribution in [-0.2, 0) is 11.2 Å². The van der Waals surface area contributed by atoms with Gasteiger partial charge in [0.05, 0.1) is 24.0 Å². The van der Waals surface area contributed by atoms with Crippen LogP contribution in [0.4, 0.5) is 18.9 Å². The van der Waals surface area contributed by atoms with Gasteiger partial charge in [0.1, 0.15) is 5.02 Å². The molecule has 0 amide bonds. The van der Waals surface area contributed by atoms with Crippen molar-refractivity contribution in [2.45, 2.75) is 64.0 Å². The van der Waals surface area contributed by atoms with Crippen molar-refractivity contribution in [3.05, 3.63) is 51.2 Å². The van der Waals surface area contributed by atoms with Gasteiger partial charge in [-0.1, -0.05) is 17.7 Å². The highest BCUT2D eigenvalue weighted by Crippen LogP contribution is 2.32. The highest BCUT2D eigenvalue weighted by Gasteiger charge is 2.34. The van der Waals surface area contributed by atoms with E-state index in [1.807, 2.05) is 18.7 Å². The van der Waals surface area contributed by atoms with E-state index in [9.17, 15) is 18.0 Å². The highest BCUT2D eigenvalue weighted by atomic mass is 35.5.